The fourth-order valence-electron chi connectivity index (χ4n) is 2.04. The van der Waals surface area contributed by atoms with E-state index in [1.54, 1.807) is 20.8 Å². The van der Waals surface area contributed by atoms with E-state index in [-0.39, 0.29) is 13.1 Å². The van der Waals surface area contributed by atoms with Crippen LogP contribution >= 0.6 is 0 Å². The molecule has 1 amide bonds. The lowest BCUT2D eigenvalue weighted by Gasteiger charge is -2.35. The maximum absolute atomic E-state index is 12.0. The zero-order valence-corrected chi connectivity index (χ0v) is 12.2. The van der Waals surface area contributed by atoms with E-state index >= 15 is 0 Å². The van der Waals surface area contributed by atoms with Gasteiger partial charge in [0.1, 0.15) is 5.60 Å². The fourth-order valence-corrected chi connectivity index (χ4v) is 2.04. The number of rotatable bonds is 2. The van der Waals surface area contributed by atoms with Gasteiger partial charge >= 0.3 is 12.1 Å². The standard InChI is InChI=1S/C12H20N4O4/c1-12(2,3)20-11(18)16-6-8(10(17)19-4)5-9(7-16)14-15-13/h8-9H,5-7H2,1-4H3/t8-,9-/m1/s1. The number of methoxy groups -OCH3 is 1. The average Bonchev–Trinajstić information content (AvgIpc) is 2.35. The highest BCUT2D eigenvalue weighted by molar-refractivity contribution is 5.75. The predicted octanol–water partition coefficient (Wildman–Crippen LogP) is 2.10. The van der Waals surface area contributed by atoms with Crippen molar-refractivity contribution in [3.8, 4) is 0 Å². The third-order valence-electron chi connectivity index (χ3n) is 2.83. The summed E-state index contributed by atoms with van der Waals surface area (Å²) in [6.07, 6.45) is -0.153. The number of nitrogens with zero attached hydrogens (tertiary/aromatic N) is 4. The molecule has 1 aliphatic rings. The molecule has 20 heavy (non-hydrogen) atoms. The van der Waals surface area contributed by atoms with Gasteiger partial charge in [0.05, 0.1) is 19.1 Å². The first-order valence-corrected chi connectivity index (χ1v) is 6.36. The molecule has 0 unspecified atom stereocenters. The molecule has 1 aliphatic heterocycles. The summed E-state index contributed by atoms with van der Waals surface area (Å²) >= 11 is 0. The summed E-state index contributed by atoms with van der Waals surface area (Å²) in [7, 11) is 1.29. The summed E-state index contributed by atoms with van der Waals surface area (Å²) < 4.78 is 9.96. The monoisotopic (exact) mass is 284 g/mol. The molecule has 0 saturated carbocycles. The molecule has 0 aromatic carbocycles. The molecular weight excluding hydrogens is 264 g/mol. The zero-order chi connectivity index (χ0) is 15.3. The minimum Gasteiger partial charge on any atom is -0.469 e. The molecule has 8 nitrogen and oxygen atoms in total. The molecule has 0 radical (unpaired) electrons. The number of esters is 1. The Morgan fingerprint density at radius 2 is 2.00 bits per heavy atom. The number of amides is 1. The predicted molar refractivity (Wildman–Crippen MR) is 70.9 cm³/mol. The van der Waals surface area contributed by atoms with Crippen molar-refractivity contribution in [2.24, 2.45) is 11.0 Å². The molecular formula is C12H20N4O4. The topological polar surface area (TPSA) is 105 Å². The van der Waals surface area contributed by atoms with E-state index in [0.717, 1.165) is 0 Å². The first-order chi connectivity index (χ1) is 9.26. The highest BCUT2D eigenvalue weighted by Gasteiger charge is 2.35. The Labute approximate surface area is 117 Å². The summed E-state index contributed by atoms with van der Waals surface area (Å²) in [5.74, 6) is -0.923. The molecule has 112 valence electrons. The lowest BCUT2D eigenvalue weighted by Crippen LogP contribution is -2.49. The van der Waals surface area contributed by atoms with Gasteiger partial charge in [-0.05, 0) is 32.7 Å². The van der Waals surface area contributed by atoms with Crippen molar-refractivity contribution >= 4 is 12.1 Å². The molecule has 1 saturated heterocycles. The van der Waals surface area contributed by atoms with Crippen LogP contribution in [-0.2, 0) is 14.3 Å². The molecule has 8 heteroatoms. The van der Waals surface area contributed by atoms with Crippen molar-refractivity contribution in [2.45, 2.75) is 38.8 Å². The van der Waals surface area contributed by atoms with Crippen LogP contribution in [0.2, 0.25) is 0 Å². The van der Waals surface area contributed by atoms with E-state index in [2.05, 4.69) is 10.0 Å². The molecule has 0 aromatic heterocycles. The van der Waals surface area contributed by atoms with Gasteiger partial charge in [-0.3, -0.25) is 4.79 Å². The highest BCUT2D eigenvalue weighted by atomic mass is 16.6. The minimum atomic E-state index is -0.622. The summed E-state index contributed by atoms with van der Waals surface area (Å²) in [5.41, 5.74) is 7.90. The molecule has 1 heterocycles. The Morgan fingerprint density at radius 1 is 1.35 bits per heavy atom. The lowest BCUT2D eigenvalue weighted by molar-refractivity contribution is -0.147. The highest BCUT2D eigenvalue weighted by Crippen LogP contribution is 2.22. The second-order valence-corrected chi connectivity index (χ2v) is 5.70. The first-order valence-electron chi connectivity index (χ1n) is 6.36. The van der Waals surface area contributed by atoms with Crippen LogP contribution in [0.5, 0.6) is 0 Å². The molecule has 0 aliphatic carbocycles. The van der Waals surface area contributed by atoms with Gasteiger partial charge in [-0.25, -0.2) is 4.79 Å². The second-order valence-electron chi connectivity index (χ2n) is 5.70. The van der Waals surface area contributed by atoms with Crippen LogP contribution in [0.15, 0.2) is 5.11 Å². The number of carbonyl (C=O) groups excluding carboxylic acids is 2. The summed E-state index contributed by atoms with van der Waals surface area (Å²) in [5, 5.41) is 3.60. The molecule has 1 rings (SSSR count). The molecule has 0 bridgehead atoms. The van der Waals surface area contributed by atoms with Crippen LogP contribution in [-0.4, -0.2) is 48.8 Å². The molecule has 0 N–H and O–H groups in total. The number of hydrogen-bond donors (Lipinski definition) is 0. The van der Waals surface area contributed by atoms with E-state index in [4.69, 9.17) is 15.0 Å². The number of azide groups is 1. The lowest BCUT2D eigenvalue weighted by atomic mass is 9.95. The summed E-state index contributed by atoms with van der Waals surface area (Å²) in [4.78, 5) is 27.8. The number of hydrogen-bond acceptors (Lipinski definition) is 5. The number of likely N-dealkylation sites (tertiary alicyclic amines) is 1. The van der Waals surface area contributed by atoms with E-state index in [0.29, 0.717) is 6.42 Å². The van der Waals surface area contributed by atoms with Gasteiger partial charge in [-0.1, -0.05) is 5.11 Å². The van der Waals surface area contributed by atoms with Gasteiger partial charge in [0.15, 0.2) is 0 Å². The van der Waals surface area contributed by atoms with Crippen LogP contribution < -0.4 is 0 Å². The molecule has 0 spiro atoms. The van der Waals surface area contributed by atoms with Crippen LogP contribution in [0.3, 0.4) is 0 Å². The van der Waals surface area contributed by atoms with E-state index in [1.165, 1.54) is 12.0 Å². The van der Waals surface area contributed by atoms with Crippen molar-refractivity contribution in [1.29, 1.82) is 0 Å². The number of piperidine rings is 1. The van der Waals surface area contributed by atoms with Gasteiger partial charge < -0.3 is 14.4 Å². The molecule has 1 fully saturated rings. The van der Waals surface area contributed by atoms with Crippen LogP contribution in [0.4, 0.5) is 4.79 Å². The van der Waals surface area contributed by atoms with E-state index in [1.807, 2.05) is 0 Å². The van der Waals surface area contributed by atoms with E-state index < -0.39 is 29.6 Å². The van der Waals surface area contributed by atoms with Crippen LogP contribution in [0, 0.1) is 5.92 Å². The van der Waals surface area contributed by atoms with E-state index in [9.17, 15) is 9.59 Å². The second kappa shape index (κ2) is 6.47. The third-order valence-corrected chi connectivity index (χ3v) is 2.83. The van der Waals surface area contributed by atoms with Crippen molar-refractivity contribution in [2.75, 3.05) is 20.2 Å². The normalized spacial score (nSPS) is 22.7. The molecule has 0 aromatic rings. The maximum Gasteiger partial charge on any atom is 0.410 e. The quantitative estimate of drug-likeness (QED) is 0.335. The first kappa shape index (κ1) is 16.1. The SMILES string of the molecule is COC(=O)[C@@H]1C[C@@H](N=[N+]=[N-])CN(C(=O)OC(C)(C)C)C1. The van der Waals surface area contributed by atoms with Gasteiger partial charge in [0, 0.05) is 18.0 Å². The number of ether oxygens (including phenoxy) is 2. The van der Waals surface area contributed by atoms with Crippen LogP contribution in [0.25, 0.3) is 10.4 Å². The summed E-state index contributed by atoms with van der Waals surface area (Å²) in [6, 6.07) is -0.453. The Bertz CT molecular complexity index is 426. The van der Waals surface area contributed by atoms with Crippen molar-refractivity contribution in [3.05, 3.63) is 10.4 Å². The van der Waals surface area contributed by atoms with Gasteiger partial charge in [0.2, 0.25) is 0 Å². The fraction of sp³-hybridized carbons (Fsp3) is 0.833. The zero-order valence-electron chi connectivity index (χ0n) is 12.2. The van der Waals surface area contributed by atoms with Crippen molar-refractivity contribution < 1.29 is 19.1 Å². The third kappa shape index (κ3) is 4.62. The Hall–Kier alpha value is -1.95. The maximum atomic E-state index is 12.0. The molecule has 2 atom stereocenters. The Morgan fingerprint density at radius 3 is 2.50 bits per heavy atom. The minimum absolute atomic E-state index is 0.207. The van der Waals surface area contributed by atoms with Gasteiger partial charge in [-0.2, -0.15) is 0 Å². The van der Waals surface area contributed by atoms with Crippen LogP contribution in [0.1, 0.15) is 27.2 Å². The smallest absolute Gasteiger partial charge is 0.410 e. The van der Waals surface area contributed by atoms with Crippen molar-refractivity contribution in [1.82, 2.24) is 4.90 Å². The van der Waals surface area contributed by atoms with Crippen molar-refractivity contribution in [3.63, 3.8) is 0 Å². The number of carbonyl (C=O) groups is 2. The largest absolute Gasteiger partial charge is 0.469 e. The Kier molecular flexibility index (Phi) is 5.21. The van der Waals surface area contributed by atoms with Gasteiger partial charge in [0.25, 0.3) is 0 Å². The van der Waals surface area contributed by atoms with Gasteiger partial charge in [-0.15, -0.1) is 0 Å². The Balaban J connectivity index is 2.81. The average molecular weight is 284 g/mol. The summed E-state index contributed by atoms with van der Waals surface area (Å²) in [6.45, 7) is 5.73.